The molecule has 0 N–H and O–H groups in total. The summed E-state index contributed by atoms with van der Waals surface area (Å²) in [5, 5.41) is 0. The first kappa shape index (κ1) is 7.84. The van der Waals surface area contributed by atoms with Crippen molar-refractivity contribution in [2.75, 3.05) is 0 Å². The average molecular weight is 174 g/mol. The summed E-state index contributed by atoms with van der Waals surface area (Å²) < 4.78 is 0. The van der Waals surface area contributed by atoms with E-state index < -0.39 is 0 Å². The van der Waals surface area contributed by atoms with Crippen LogP contribution in [0.25, 0.3) is 0 Å². The van der Waals surface area contributed by atoms with Crippen molar-refractivity contribution in [1.82, 2.24) is 0 Å². The van der Waals surface area contributed by atoms with E-state index in [1.165, 1.54) is 44.9 Å². The molecule has 0 radical (unpaired) electrons. The number of fused-ring (bicyclic) bond motifs is 1. The molecule has 0 saturated heterocycles. The van der Waals surface area contributed by atoms with Crippen LogP contribution in [0.1, 0.15) is 44.9 Å². The Bertz CT molecular complexity index is 256. The SMILES string of the molecule is C1=CC(=C2C3CCCCC23)CCC1. The number of hydrogen-bond acceptors (Lipinski definition) is 0. The van der Waals surface area contributed by atoms with Gasteiger partial charge in [-0.3, -0.25) is 0 Å². The Hall–Kier alpha value is -0.520. The Morgan fingerprint density at radius 1 is 1.00 bits per heavy atom. The number of allylic oxidation sites excluding steroid dienone is 4. The lowest BCUT2D eigenvalue weighted by atomic mass is 10.0. The quantitative estimate of drug-likeness (QED) is 0.523. The molecule has 3 rings (SSSR count). The normalized spacial score (nSPS) is 37.5. The Morgan fingerprint density at radius 3 is 2.38 bits per heavy atom. The molecule has 0 heterocycles. The summed E-state index contributed by atoms with van der Waals surface area (Å²) in [5.74, 6) is 2.07. The Kier molecular flexibility index (Phi) is 1.81. The first-order chi connectivity index (χ1) is 6.47. The van der Waals surface area contributed by atoms with Gasteiger partial charge in [0.05, 0.1) is 0 Å². The van der Waals surface area contributed by atoms with E-state index in [9.17, 15) is 0 Å². The summed E-state index contributed by atoms with van der Waals surface area (Å²) in [7, 11) is 0. The van der Waals surface area contributed by atoms with Crippen molar-refractivity contribution in [3.63, 3.8) is 0 Å². The van der Waals surface area contributed by atoms with E-state index in [0.717, 1.165) is 11.8 Å². The van der Waals surface area contributed by atoms with E-state index >= 15 is 0 Å². The third-order valence-corrected chi connectivity index (χ3v) is 3.96. The molecule has 3 aliphatic rings. The predicted molar refractivity (Wildman–Crippen MR) is 55.5 cm³/mol. The van der Waals surface area contributed by atoms with Gasteiger partial charge in [0.25, 0.3) is 0 Å². The van der Waals surface area contributed by atoms with Crippen LogP contribution >= 0.6 is 0 Å². The smallest absolute Gasteiger partial charge is 0.0128 e. The van der Waals surface area contributed by atoms with Crippen LogP contribution in [0.3, 0.4) is 0 Å². The molecule has 3 aliphatic carbocycles. The van der Waals surface area contributed by atoms with E-state index in [1.807, 2.05) is 5.57 Å². The zero-order valence-electron chi connectivity index (χ0n) is 8.26. The van der Waals surface area contributed by atoms with Crippen molar-refractivity contribution in [3.05, 3.63) is 23.3 Å². The lowest BCUT2D eigenvalue weighted by molar-refractivity contribution is 0.480. The topological polar surface area (TPSA) is 0 Å². The molecule has 0 nitrogen and oxygen atoms in total. The van der Waals surface area contributed by atoms with Crippen LogP contribution < -0.4 is 0 Å². The highest BCUT2D eigenvalue weighted by atomic mass is 14.5. The molecule has 0 aromatic heterocycles. The van der Waals surface area contributed by atoms with Crippen molar-refractivity contribution in [2.45, 2.75) is 44.9 Å². The van der Waals surface area contributed by atoms with Crippen LogP contribution in [-0.4, -0.2) is 0 Å². The molecule has 0 aliphatic heterocycles. The molecule has 0 heteroatoms. The minimum Gasteiger partial charge on any atom is -0.0843 e. The van der Waals surface area contributed by atoms with Gasteiger partial charge in [-0.25, -0.2) is 0 Å². The van der Waals surface area contributed by atoms with Crippen molar-refractivity contribution in [1.29, 1.82) is 0 Å². The van der Waals surface area contributed by atoms with Crippen LogP contribution in [0.2, 0.25) is 0 Å². The molecule has 0 bridgehead atoms. The molecule has 2 saturated carbocycles. The first-order valence-electron chi connectivity index (χ1n) is 5.86. The summed E-state index contributed by atoms with van der Waals surface area (Å²) in [6, 6.07) is 0. The van der Waals surface area contributed by atoms with Crippen LogP contribution in [0.4, 0.5) is 0 Å². The maximum Gasteiger partial charge on any atom is -0.0128 e. The third kappa shape index (κ3) is 1.27. The summed E-state index contributed by atoms with van der Waals surface area (Å²) in [5.41, 5.74) is 3.59. The van der Waals surface area contributed by atoms with Gasteiger partial charge in [-0.05, 0) is 49.5 Å². The fourth-order valence-electron chi connectivity index (χ4n) is 3.26. The number of hydrogen-bond donors (Lipinski definition) is 0. The van der Waals surface area contributed by atoms with Gasteiger partial charge in [0.1, 0.15) is 0 Å². The third-order valence-electron chi connectivity index (χ3n) is 3.96. The average Bonchev–Trinajstić information content (AvgIpc) is 2.93. The maximum atomic E-state index is 2.41. The largest absolute Gasteiger partial charge is 0.0843 e. The van der Waals surface area contributed by atoms with Gasteiger partial charge in [-0.1, -0.05) is 30.6 Å². The van der Waals surface area contributed by atoms with E-state index in [4.69, 9.17) is 0 Å². The van der Waals surface area contributed by atoms with Gasteiger partial charge in [0, 0.05) is 0 Å². The molecular formula is C13H18. The Balaban J connectivity index is 1.84. The number of rotatable bonds is 0. The van der Waals surface area contributed by atoms with Crippen molar-refractivity contribution < 1.29 is 0 Å². The molecule has 0 spiro atoms. The summed E-state index contributed by atoms with van der Waals surface area (Å²) in [4.78, 5) is 0. The van der Waals surface area contributed by atoms with Gasteiger partial charge in [0.2, 0.25) is 0 Å². The van der Waals surface area contributed by atoms with Gasteiger partial charge < -0.3 is 0 Å². The second-order valence-corrected chi connectivity index (χ2v) is 4.77. The second kappa shape index (κ2) is 3.01. The maximum absolute atomic E-state index is 2.41. The molecule has 2 atom stereocenters. The molecule has 2 unspecified atom stereocenters. The van der Waals surface area contributed by atoms with Crippen molar-refractivity contribution in [3.8, 4) is 0 Å². The minimum atomic E-state index is 1.03. The standard InChI is InChI=1S/C13H18/c1-2-6-10(7-3-1)13-11-8-4-5-9-12(11)13/h2,6,11-12H,1,3-5,7-9H2. The van der Waals surface area contributed by atoms with E-state index in [0.29, 0.717) is 0 Å². The van der Waals surface area contributed by atoms with Crippen LogP contribution in [-0.2, 0) is 0 Å². The van der Waals surface area contributed by atoms with Crippen LogP contribution in [0.15, 0.2) is 23.3 Å². The molecule has 0 aromatic rings. The Labute approximate surface area is 80.7 Å². The summed E-state index contributed by atoms with van der Waals surface area (Å²) >= 11 is 0. The summed E-state index contributed by atoms with van der Waals surface area (Å²) in [6.07, 6.45) is 14.8. The zero-order valence-corrected chi connectivity index (χ0v) is 8.26. The fraction of sp³-hybridized carbons (Fsp3) is 0.692. The van der Waals surface area contributed by atoms with Gasteiger partial charge in [-0.15, -0.1) is 0 Å². The monoisotopic (exact) mass is 174 g/mol. The van der Waals surface area contributed by atoms with E-state index in [1.54, 1.807) is 5.57 Å². The van der Waals surface area contributed by atoms with Gasteiger partial charge >= 0.3 is 0 Å². The molecule has 70 valence electrons. The molecular weight excluding hydrogens is 156 g/mol. The van der Waals surface area contributed by atoms with E-state index in [-0.39, 0.29) is 0 Å². The second-order valence-electron chi connectivity index (χ2n) is 4.77. The zero-order chi connectivity index (χ0) is 8.67. The molecule has 0 amide bonds. The van der Waals surface area contributed by atoms with Crippen LogP contribution in [0, 0.1) is 11.8 Å². The lowest BCUT2D eigenvalue weighted by Gasteiger charge is -2.06. The first-order valence-corrected chi connectivity index (χ1v) is 5.86. The fourth-order valence-corrected chi connectivity index (χ4v) is 3.26. The minimum absolute atomic E-state index is 1.03. The van der Waals surface area contributed by atoms with Gasteiger partial charge in [-0.2, -0.15) is 0 Å². The molecule has 2 fully saturated rings. The molecule has 13 heavy (non-hydrogen) atoms. The Morgan fingerprint density at radius 2 is 1.77 bits per heavy atom. The van der Waals surface area contributed by atoms with Crippen LogP contribution in [0.5, 0.6) is 0 Å². The highest BCUT2D eigenvalue weighted by molar-refractivity contribution is 5.41. The van der Waals surface area contributed by atoms with Crippen molar-refractivity contribution >= 4 is 0 Å². The summed E-state index contributed by atoms with van der Waals surface area (Å²) in [6.45, 7) is 0. The predicted octanol–water partition coefficient (Wildman–Crippen LogP) is 3.84. The van der Waals surface area contributed by atoms with Gasteiger partial charge in [0.15, 0.2) is 0 Å². The molecule has 0 aromatic carbocycles. The van der Waals surface area contributed by atoms with Crippen molar-refractivity contribution in [2.24, 2.45) is 11.8 Å². The highest BCUT2D eigenvalue weighted by Gasteiger charge is 2.46. The lowest BCUT2D eigenvalue weighted by Crippen LogP contribution is -1.91. The highest BCUT2D eigenvalue weighted by Crippen LogP contribution is 2.57. The van der Waals surface area contributed by atoms with E-state index in [2.05, 4.69) is 12.2 Å².